The van der Waals surface area contributed by atoms with Crippen LogP contribution >= 0.6 is 0 Å². The first-order valence-corrected chi connectivity index (χ1v) is 11.1. The van der Waals surface area contributed by atoms with Crippen molar-refractivity contribution < 1.29 is 0 Å². The Labute approximate surface area is 166 Å². The molecule has 0 radical (unpaired) electrons. The molecule has 3 rings (SSSR count). The van der Waals surface area contributed by atoms with Gasteiger partial charge in [0, 0.05) is 5.69 Å². The summed E-state index contributed by atoms with van der Waals surface area (Å²) >= 11 is 0. The Kier molecular flexibility index (Phi) is 7.38. The van der Waals surface area contributed by atoms with Crippen LogP contribution in [0.1, 0.15) is 92.9 Å². The Morgan fingerprint density at radius 1 is 0.852 bits per heavy atom. The lowest BCUT2D eigenvalue weighted by Gasteiger charge is -2.30. The third-order valence-electron chi connectivity index (χ3n) is 6.47. The quantitative estimate of drug-likeness (QED) is 0.383. The molecular weight excluding hydrogens is 326 g/mol. The van der Waals surface area contributed by atoms with Crippen LogP contribution in [0.3, 0.4) is 0 Å². The smallest absolute Gasteiger partial charge is 0.0314 e. The highest BCUT2D eigenvalue weighted by Gasteiger charge is 2.23. The van der Waals surface area contributed by atoms with E-state index < -0.39 is 0 Å². The summed E-state index contributed by atoms with van der Waals surface area (Å²) in [6.07, 6.45) is 13.7. The fraction of sp³-hybridized carbons (Fsp3) is 0.538. The molecule has 1 heteroatoms. The monoisotopic (exact) mass is 363 g/mol. The summed E-state index contributed by atoms with van der Waals surface area (Å²) in [5.41, 5.74) is 12.5. The van der Waals surface area contributed by atoms with E-state index in [1.807, 2.05) is 12.1 Å². The second-order valence-corrected chi connectivity index (χ2v) is 8.68. The highest BCUT2D eigenvalue weighted by Crippen LogP contribution is 2.39. The van der Waals surface area contributed by atoms with Gasteiger partial charge in [-0.15, -0.1) is 0 Å². The summed E-state index contributed by atoms with van der Waals surface area (Å²) in [5.74, 6) is 1.77. The van der Waals surface area contributed by atoms with Crippen molar-refractivity contribution in [3.63, 3.8) is 0 Å². The number of aryl methyl sites for hydroxylation is 1. The van der Waals surface area contributed by atoms with Gasteiger partial charge in [-0.1, -0.05) is 69.4 Å². The molecule has 0 aromatic heterocycles. The summed E-state index contributed by atoms with van der Waals surface area (Å²) in [6.45, 7) is 4.60. The van der Waals surface area contributed by atoms with Gasteiger partial charge in [0.25, 0.3) is 0 Å². The van der Waals surface area contributed by atoms with Crippen molar-refractivity contribution in [3.8, 4) is 0 Å². The van der Waals surface area contributed by atoms with Gasteiger partial charge < -0.3 is 5.73 Å². The van der Waals surface area contributed by atoms with Crippen LogP contribution in [0.25, 0.3) is 0 Å². The molecule has 27 heavy (non-hydrogen) atoms. The summed E-state index contributed by atoms with van der Waals surface area (Å²) in [5, 5.41) is 0. The maximum atomic E-state index is 5.80. The number of rotatable bonds is 8. The molecule has 0 atom stereocenters. The van der Waals surface area contributed by atoms with Gasteiger partial charge in [-0.25, -0.2) is 0 Å². The summed E-state index contributed by atoms with van der Waals surface area (Å²) in [4.78, 5) is 0. The first-order valence-electron chi connectivity index (χ1n) is 11.1. The predicted molar refractivity (Wildman–Crippen MR) is 118 cm³/mol. The highest BCUT2D eigenvalue weighted by atomic mass is 14.5. The second-order valence-electron chi connectivity index (χ2n) is 8.68. The number of anilines is 1. The number of nitrogen functional groups attached to an aromatic ring is 1. The zero-order valence-corrected chi connectivity index (χ0v) is 17.3. The molecule has 1 aliphatic rings. The van der Waals surface area contributed by atoms with Crippen molar-refractivity contribution in [1.82, 2.24) is 0 Å². The molecule has 2 N–H and O–H groups in total. The van der Waals surface area contributed by atoms with E-state index in [4.69, 9.17) is 5.73 Å². The van der Waals surface area contributed by atoms with Crippen LogP contribution in [0, 0.1) is 12.8 Å². The normalized spacial score (nSPS) is 19.9. The molecule has 0 saturated heterocycles. The molecule has 0 spiro atoms. The molecule has 0 bridgehead atoms. The molecular formula is C26H37N. The molecule has 0 heterocycles. The van der Waals surface area contributed by atoms with Gasteiger partial charge in [-0.3, -0.25) is 0 Å². The maximum Gasteiger partial charge on any atom is 0.0314 e. The Balaban J connectivity index is 1.53. The maximum absolute atomic E-state index is 5.80. The molecule has 2 aromatic carbocycles. The van der Waals surface area contributed by atoms with E-state index in [0.29, 0.717) is 0 Å². The lowest BCUT2D eigenvalue weighted by Crippen LogP contribution is -2.14. The van der Waals surface area contributed by atoms with E-state index in [1.54, 1.807) is 5.56 Å². The van der Waals surface area contributed by atoms with Crippen LogP contribution < -0.4 is 5.73 Å². The van der Waals surface area contributed by atoms with E-state index in [2.05, 4.69) is 44.2 Å². The molecule has 2 aromatic rings. The van der Waals surface area contributed by atoms with Crippen molar-refractivity contribution in [2.45, 2.75) is 84.0 Å². The van der Waals surface area contributed by atoms with Crippen LogP contribution in [0.4, 0.5) is 5.69 Å². The number of benzene rings is 2. The van der Waals surface area contributed by atoms with E-state index in [-0.39, 0.29) is 0 Å². The Morgan fingerprint density at radius 3 is 2.22 bits per heavy atom. The highest BCUT2D eigenvalue weighted by molar-refractivity contribution is 5.42. The zero-order valence-electron chi connectivity index (χ0n) is 17.3. The molecule has 1 aliphatic carbocycles. The van der Waals surface area contributed by atoms with E-state index in [0.717, 1.165) is 23.9 Å². The minimum atomic E-state index is 0.780. The Hall–Kier alpha value is -1.76. The molecule has 1 nitrogen and oxygen atoms in total. The van der Waals surface area contributed by atoms with Gasteiger partial charge >= 0.3 is 0 Å². The summed E-state index contributed by atoms with van der Waals surface area (Å²) in [6, 6.07) is 15.4. The van der Waals surface area contributed by atoms with Gasteiger partial charge in [0.15, 0.2) is 0 Å². The van der Waals surface area contributed by atoms with Crippen LogP contribution in [-0.4, -0.2) is 0 Å². The summed E-state index contributed by atoms with van der Waals surface area (Å²) in [7, 11) is 0. The molecule has 0 aliphatic heterocycles. The predicted octanol–water partition coefficient (Wildman–Crippen LogP) is 7.41. The number of hydrogen-bond acceptors (Lipinski definition) is 1. The van der Waals surface area contributed by atoms with Gasteiger partial charge in [-0.05, 0) is 85.3 Å². The third-order valence-corrected chi connectivity index (χ3v) is 6.47. The minimum Gasteiger partial charge on any atom is -0.399 e. The third kappa shape index (κ3) is 5.86. The van der Waals surface area contributed by atoms with Crippen LogP contribution in [0.5, 0.6) is 0 Å². The van der Waals surface area contributed by atoms with Crippen LogP contribution in [-0.2, 0) is 6.42 Å². The van der Waals surface area contributed by atoms with Gasteiger partial charge in [-0.2, -0.15) is 0 Å². The number of nitrogens with two attached hydrogens (primary N) is 1. The van der Waals surface area contributed by atoms with Crippen molar-refractivity contribution in [1.29, 1.82) is 0 Å². The van der Waals surface area contributed by atoms with Crippen LogP contribution in [0.2, 0.25) is 0 Å². The number of hydrogen-bond donors (Lipinski definition) is 1. The van der Waals surface area contributed by atoms with E-state index in [9.17, 15) is 0 Å². The fourth-order valence-corrected chi connectivity index (χ4v) is 4.80. The van der Waals surface area contributed by atoms with Crippen molar-refractivity contribution >= 4 is 5.69 Å². The average Bonchev–Trinajstić information content (AvgIpc) is 2.68. The zero-order chi connectivity index (χ0) is 19.1. The van der Waals surface area contributed by atoms with E-state index >= 15 is 0 Å². The fourth-order valence-electron chi connectivity index (χ4n) is 4.80. The van der Waals surface area contributed by atoms with E-state index in [1.165, 1.54) is 74.5 Å². The first-order chi connectivity index (χ1) is 13.2. The van der Waals surface area contributed by atoms with Crippen molar-refractivity contribution in [3.05, 3.63) is 64.7 Å². The average molecular weight is 364 g/mol. The van der Waals surface area contributed by atoms with Crippen molar-refractivity contribution in [2.75, 3.05) is 5.73 Å². The topological polar surface area (TPSA) is 26.0 Å². The Bertz CT molecular complexity index is 693. The molecule has 0 unspecified atom stereocenters. The lowest BCUT2D eigenvalue weighted by atomic mass is 9.76. The molecule has 1 fully saturated rings. The minimum absolute atomic E-state index is 0.780. The second kappa shape index (κ2) is 9.97. The molecule has 1 saturated carbocycles. The molecule has 0 amide bonds. The van der Waals surface area contributed by atoms with Gasteiger partial charge in [0.2, 0.25) is 0 Å². The summed E-state index contributed by atoms with van der Waals surface area (Å²) < 4.78 is 0. The Morgan fingerprint density at radius 2 is 1.56 bits per heavy atom. The van der Waals surface area contributed by atoms with Gasteiger partial charge in [0.1, 0.15) is 0 Å². The van der Waals surface area contributed by atoms with Crippen LogP contribution in [0.15, 0.2) is 42.5 Å². The largest absolute Gasteiger partial charge is 0.399 e. The SMILES string of the molecule is CCCCCCC1CCC(c2ccc(Cc3ccc(N)cc3)cc2C)CC1. The van der Waals surface area contributed by atoms with Crippen molar-refractivity contribution in [2.24, 2.45) is 5.92 Å². The number of unbranched alkanes of at least 4 members (excludes halogenated alkanes) is 3. The first kappa shape index (κ1) is 20.0. The van der Waals surface area contributed by atoms with Gasteiger partial charge in [0.05, 0.1) is 0 Å². The molecule has 146 valence electrons. The standard InChI is InChI=1S/C26H37N/c1-3-4-5-6-7-21-8-13-24(14-9-21)26-17-12-23(18-20(26)2)19-22-10-15-25(27)16-11-22/h10-12,15-18,21,24H,3-9,13-14,19,27H2,1-2H3. The lowest BCUT2D eigenvalue weighted by molar-refractivity contribution is 0.301.